The molecule has 0 saturated heterocycles. The zero-order valence-corrected chi connectivity index (χ0v) is 11.4. The van der Waals surface area contributed by atoms with Crippen LogP contribution in [0.3, 0.4) is 0 Å². The van der Waals surface area contributed by atoms with Crippen LogP contribution in [0.2, 0.25) is 0 Å². The molecule has 18 heavy (non-hydrogen) atoms. The Hall–Kier alpha value is -1.33. The number of nitrogens with zero attached hydrogens (tertiary/aromatic N) is 3. The molecular formula is C13H18N4S. The summed E-state index contributed by atoms with van der Waals surface area (Å²) >= 11 is 1.74. The molecule has 0 amide bonds. The van der Waals surface area contributed by atoms with E-state index in [1.165, 1.54) is 5.56 Å². The van der Waals surface area contributed by atoms with Crippen LogP contribution >= 0.6 is 11.8 Å². The molecule has 1 aromatic carbocycles. The third-order valence-corrected chi connectivity index (χ3v) is 3.69. The molecule has 4 nitrogen and oxygen atoms in total. The predicted molar refractivity (Wildman–Crippen MR) is 74.7 cm³/mol. The molecule has 96 valence electrons. The van der Waals surface area contributed by atoms with Gasteiger partial charge in [-0.05, 0) is 18.9 Å². The summed E-state index contributed by atoms with van der Waals surface area (Å²) in [5.74, 6) is 1.94. The fourth-order valence-electron chi connectivity index (χ4n) is 1.76. The first-order valence-corrected chi connectivity index (χ1v) is 7.06. The minimum absolute atomic E-state index is 0.616. The third-order valence-electron chi connectivity index (χ3n) is 2.72. The quantitative estimate of drug-likeness (QED) is 0.808. The van der Waals surface area contributed by atoms with Crippen molar-refractivity contribution >= 4 is 11.8 Å². The van der Waals surface area contributed by atoms with Gasteiger partial charge in [0.1, 0.15) is 5.82 Å². The van der Waals surface area contributed by atoms with E-state index in [4.69, 9.17) is 5.73 Å². The van der Waals surface area contributed by atoms with Crippen molar-refractivity contribution in [3.05, 3.63) is 41.7 Å². The summed E-state index contributed by atoms with van der Waals surface area (Å²) in [5.41, 5.74) is 6.94. The second kappa shape index (κ2) is 6.56. The predicted octanol–water partition coefficient (Wildman–Crippen LogP) is 1.88. The summed E-state index contributed by atoms with van der Waals surface area (Å²) in [4.78, 5) is 0. The van der Waals surface area contributed by atoms with E-state index in [9.17, 15) is 0 Å². The van der Waals surface area contributed by atoms with Gasteiger partial charge < -0.3 is 10.3 Å². The Bertz CT molecular complexity index is 481. The van der Waals surface area contributed by atoms with E-state index in [1.807, 2.05) is 13.0 Å². The van der Waals surface area contributed by atoms with Crippen molar-refractivity contribution in [2.75, 3.05) is 12.3 Å². The van der Waals surface area contributed by atoms with Gasteiger partial charge in [-0.1, -0.05) is 42.1 Å². The van der Waals surface area contributed by atoms with Gasteiger partial charge in [-0.25, -0.2) is 0 Å². The lowest BCUT2D eigenvalue weighted by Crippen LogP contribution is -2.12. The third kappa shape index (κ3) is 3.34. The lowest BCUT2D eigenvalue weighted by atomic mass is 10.2. The molecule has 0 spiro atoms. The van der Waals surface area contributed by atoms with Crippen LogP contribution < -0.4 is 5.73 Å². The maximum atomic E-state index is 5.59. The van der Waals surface area contributed by atoms with Crippen LogP contribution in [0.5, 0.6) is 0 Å². The number of hydrogen-bond donors (Lipinski definition) is 1. The summed E-state index contributed by atoms with van der Waals surface area (Å²) in [6.45, 7) is 3.36. The highest BCUT2D eigenvalue weighted by Crippen LogP contribution is 2.18. The van der Waals surface area contributed by atoms with E-state index in [-0.39, 0.29) is 0 Å². The number of hydrogen-bond acceptors (Lipinski definition) is 4. The van der Waals surface area contributed by atoms with Crippen LogP contribution in [-0.2, 0) is 13.0 Å². The van der Waals surface area contributed by atoms with Crippen molar-refractivity contribution in [3.63, 3.8) is 0 Å². The van der Waals surface area contributed by atoms with Gasteiger partial charge in [0.2, 0.25) is 0 Å². The normalized spacial score (nSPS) is 10.8. The van der Waals surface area contributed by atoms with E-state index in [0.717, 1.165) is 29.7 Å². The second-order valence-corrected chi connectivity index (χ2v) is 5.12. The van der Waals surface area contributed by atoms with Crippen molar-refractivity contribution in [1.29, 1.82) is 0 Å². The van der Waals surface area contributed by atoms with E-state index < -0.39 is 0 Å². The molecule has 5 heteroatoms. The van der Waals surface area contributed by atoms with E-state index in [0.29, 0.717) is 6.54 Å². The Balaban J connectivity index is 1.90. The molecule has 0 bridgehead atoms. The molecular weight excluding hydrogens is 244 g/mol. The minimum Gasteiger partial charge on any atom is -0.329 e. The van der Waals surface area contributed by atoms with Gasteiger partial charge in [0.25, 0.3) is 0 Å². The maximum absolute atomic E-state index is 5.59. The molecule has 0 unspecified atom stereocenters. The van der Waals surface area contributed by atoms with Gasteiger partial charge in [0, 0.05) is 18.8 Å². The monoisotopic (exact) mass is 262 g/mol. The molecule has 0 radical (unpaired) electrons. The topological polar surface area (TPSA) is 56.7 Å². The smallest absolute Gasteiger partial charge is 0.191 e. The summed E-state index contributed by atoms with van der Waals surface area (Å²) in [5, 5.41) is 9.25. The number of aryl methyl sites for hydroxylation is 2. The first-order valence-electron chi connectivity index (χ1n) is 6.08. The zero-order chi connectivity index (χ0) is 12.8. The summed E-state index contributed by atoms with van der Waals surface area (Å²) in [6.07, 6.45) is 1.04. The molecule has 1 aromatic heterocycles. The number of aromatic nitrogens is 3. The fraction of sp³-hybridized carbons (Fsp3) is 0.385. The van der Waals surface area contributed by atoms with E-state index >= 15 is 0 Å². The molecule has 0 aliphatic rings. The molecule has 2 N–H and O–H groups in total. The molecule has 0 fully saturated rings. The van der Waals surface area contributed by atoms with Gasteiger partial charge in [-0.2, -0.15) is 0 Å². The van der Waals surface area contributed by atoms with Crippen molar-refractivity contribution in [2.45, 2.75) is 25.0 Å². The van der Waals surface area contributed by atoms with Crippen molar-refractivity contribution in [2.24, 2.45) is 5.73 Å². The zero-order valence-electron chi connectivity index (χ0n) is 10.5. The van der Waals surface area contributed by atoms with E-state index in [1.54, 1.807) is 11.8 Å². The van der Waals surface area contributed by atoms with E-state index in [2.05, 4.69) is 39.0 Å². The fourth-order valence-corrected chi connectivity index (χ4v) is 2.76. The Morgan fingerprint density at radius 3 is 2.72 bits per heavy atom. The molecule has 0 aliphatic carbocycles. The lowest BCUT2D eigenvalue weighted by Gasteiger charge is -2.06. The highest BCUT2D eigenvalue weighted by molar-refractivity contribution is 7.99. The number of thioether (sulfide) groups is 1. The van der Waals surface area contributed by atoms with Gasteiger partial charge in [-0.3, -0.25) is 0 Å². The molecule has 2 rings (SSSR count). The van der Waals surface area contributed by atoms with Gasteiger partial charge in [0.05, 0.1) is 0 Å². The Kier molecular flexibility index (Phi) is 4.78. The first-order chi connectivity index (χ1) is 8.81. The summed E-state index contributed by atoms with van der Waals surface area (Å²) in [7, 11) is 0. The van der Waals surface area contributed by atoms with Crippen LogP contribution in [0.15, 0.2) is 35.5 Å². The standard InChI is InChI=1S/C13H18N4S/c1-11-15-16-13(17(11)9-8-14)18-10-7-12-5-3-2-4-6-12/h2-6H,7-10,14H2,1H3. The minimum atomic E-state index is 0.616. The highest BCUT2D eigenvalue weighted by atomic mass is 32.2. The van der Waals surface area contributed by atoms with Crippen LogP contribution in [0, 0.1) is 6.92 Å². The molecule has 0 atom stereocenters. The molecule has 0 saturated carbocycles. The Labute approximate surface area is 112 Å². The summed E-state index contributed by atoms with van der Waals surface area (Å²) in [6, 6.07) is 10.5. The van der Waals surface area contributed by atoms with Gasteiger partial charge in [-0.15, -0.1) is 10.2 Å². The van der Waals surface area contributed by atoms with Crippen molar-refractivity contribution in [1.82, 2.24) is 14.8 Å². The van der Waals surface area contributed by atoms with Gasteiger partial charge >= 0.3 is 0 Å². The lowest BCUT2D eigenvalue weighted by molar-refractivity contribution is 0.627. The average Bonchev–Trinajstić information content (AvgIpc) is 2.73. The molecule has 1 heterocycles. The number of nitrogens with two attached hydrogens (primary N) is 1. The second-order valence-electron chi connectivity index (χ2n) is 4.05. The molecule has 2 aromatic rings. The largest absolute Gasteiger partial charge is 0.329 e. The number of rotatable bonds is 6. The summed E-state index contributed by atoms with van der Waals surface area (Å²) < 4.78 is 2.08. The Morgan fingerprint density at radius 1 is 1.22 bits per heavy atom. The Morgan fingerprint density at radius 2 is 2.00 bits per heavy atom. The van der Waals surface area contributed by atoms with Crippen LogP contribution in [0.4, 0.5) is 0 Å². The van der Waals surface area contributed by atoms with Crippen LogP contribution in [0.25, 0.3) is 0 Å². The van der Waals surface area contributed by atoms with Crippen molar-refractivity contribution in [3.8, 4) is 0 Å². The van der Waals surface area contributed by atoms with Gasteiger partial charge in [0.15, 0.2) is 5.16 Å². The van der Waals surface area contributed by atoms with Crippen molar-refractivity contribution < 1.29 is 0 Å². The van der Waals surface area contributed by atoms with Crippen LogP contribution in [0.1, 0.15) is 11.4 Å². The maximum Gasteiger partial charge on any atom is 0.191 e. The van der Waals surface area contributed by atoms with Crippen LogP contribution in [-0.4, -0.2) is 27.1 Å². The SMILES string of the molecule is Cc1nnc(SCCc2ccccc2)n1CCN. The first kappa shape index (κ1) is 13.1. The average molecular weight is 262 g/mol. The number of benzene rings is 1. The highest BCUT2D eigenvalue weighted by Gasteiger charge is 2.08. The molecule has 0 aliphatic heterocycles.